The van der Waals surface area contributed by atoms with Crippen molar-refractivity contribution in [3.05, 3.63) is 59.1 Å². The fraction of sp³-hybridized carbons (Fsp3) is 0.348. The van der Waals surface area contributed by atoms with Crippen LogP contribution in [0.15, 0.2) is 42.7 Å². The second-order valence-electron chi connectivity index (χ2n) is 8.09. The minimum absolute atomic E-state index is 0.258. The molecule has 1 saturated carbocycles. The van der Waals surface area contributed by atoms with Gasteiger partial charge in [-0.1, -0.05) is 43.1 Å². The first-order chi connectivity index (χ1) is 16.0. The van der Waals surface area contributed by atoms with Crippen molar-refractivity contribution in [2.45, 2.75) is 45.1 Å². The number of benzene rings is 1. The van der Waals surface area contributed by atoms with Crippen LogP contribution in [0.5, 0.6) is 0 Å². The Kier molecular flexibility index (Phi) is 7.23. The molecule has 0 radical (unpaired) electrons. The molecule has 0 saturated heterocycles. The third kappa shape index (κ3) is 6.10. The smallest absolute Gasteiger partial charge is 0.252 e. The van der Waals surface area contributed by atoms with Crippen LogP contribution in [-0.2, 0) is 4.79 Å². The van der Waals surface area contributed by atoms with Gasteiger partial charge in [-0.25, -0.2) is 4.39 Å². The number of aromatic nitrogens is 3. The summed E-state index contributed by atoms with van der Waals surface area (Å²) in [5.74, 6) is -0.785. The molecule has 10 heteroatoms. The highest BCUT2D eigenvalue weighted by atomic mass is 32.1. The Balaban J connectivity index is 1.47. The van der Waals surface area contributed by atoms with Crippen molar-refractivity contribution in [2.24, 2.45) is 5.92 Å². The Morgan fingerprint density at radius 3 is 2.76 bits per heavy atom. The molecule has 2 heterocycles. The van der Waals surface area contributed by atoms with Gasteiger partial charge in [0.2, 0.25) is 11.0 Å². The summed E-state index contributed by atoms with van der Waals surface area (Å²) >= 11 is 1.29. The van der Waals surface area contributed by atoms with E-state index in [1.54, 1.807) is 24.3 Å². The second kappa shape index (κ2) is 10.5. The van der Waals surface area contributed by atoms with Crippen molar-refractivity contribution in [2.75, 3.05) is 10.6 Å². The molecule has 1 aliphatic rings. The van der Waals surface area contributed by atoms with Crippen LogP contribution in [-0.4, -0.2) is 33.0 Å². The summed E-state index contributed by atoms with van der Waals surface area (Å²) in [6, 6.07) is 7.53. The highest BCUT2D eigenvalue weighted by Gasteiger charge is 2.27. The average molecular weight is 469 g/mol. The fourth-order valence-corrected chi connectivity index (χ4v) is 4.56. The van der Waals surface area contributed by atoms with Gasteiger partial charge in [-0.15, -0.1) is 10.2 Å². The van der Waals surface area contributed by atoms with E-state index in [1.165, 1.54) is 23.6 Å². The first-order valence-corrected chi connectivity index (χ1v) is 11.7. The highest BCUT2D eigenvalue weighted by Crippen LogP contribution is 2.29. The van der Waals surface area contributed by atoms with Gasteiger partial charge in [-0.3, -0.25) is 19.9 Å². The Labute approximate surface area is 195 Å². The van der Waals surface area contributed by atoms with Gasteiger partial charge in [-0.2, -0.15) is 0 Å². The summed E-state index contributed by atoms with van der Waals surface area (Å²) in [6.45, 7) is 1.81. The molecule has 4 rings (SSSR count). The van der Waals surface area contributed by atoms with E-state index in [9.17, 15) is 14.0 Å². The average Bonchev–Trinajstić information content (AvgIpc) is 3.46. The second-order valence-corrected chi connectivity index (χ2v) is 9.27. The number of anilines is 3. The van der Waals surface area contributed by atoms with E-state index in [1.807, 2.05) is 6.92 Å². The van der Waals surface area contributed by atoms with E-state index in [0.717, 1.165) is 36.9 Å². The molecular weight excluding hydrogens is 443 g/mol. The Morgan fingerprint density at radius 2 is 2.03 bits per heavy atom. The van der Waals surface area contributed by atoms with Gasteiger partial charge in [0.05, 0.1) is 11.9 Å². The fourth-order valence-electron chi connectivity index (χ4n) is 3.96. The van der Waals surface area contributed by atoms with Crippen molar-refractivity contribution in [3.8, 4) is 0 Å². The zero-order chi connectivity index (χ0) is 23.2. The molecule has 0 spiro atoms. The zero-order valence-electron chi connectivity index (χ0n) is 18.2. The maximum absolute atomic E-state index is 13.9. The van der Waals surface area contributed by atoms with Gasteiger partial charge in [-0.05, 0) is 43.5 Å². The van der Waals surface area contributed by atoms with Crippen LogP contribution in [0.1, 0.15) is 47.5 Å². The van der Waals surface area contributed by atoms with Crippen molar-refractivity contribution in [1.82, 2.24) is 20.5 Å². The first kappa shape index (κ1) is 22.8. The first-order valence-electron chi connectivity index (χ1n) is 10.9. The van der Waals surface area contributed by atoms with Crippen molar-refractivity contribution >= 4 is 39.7 Å². The molecule has 1 aliphatic carbocycles. The molecule has 0 aliphatic heterocycles. The molecule has 3 aromatic rings. The minimum atomic E-state index is -0.695. The van der Waals surface area contributed by atoms with Gasteiger partial charge >= 0.3 is 0 Å². The number of carbonyl (C=O) groups is 2. The monoisotopic (exact) mass is 468 g/mol. The normalized spacial score (nSPS) is 14.6. The van der Waals surface area contributed by atoms with Crippen molar-refractivity contribution in [1.29, 1.82) is 0 Å². The third-order valence-corrected chi connectivity index (χ3v) is 6.35. The molecule has 1 fully saturated rings. The predicted molar refractivity (Wildman–Crippen MR) is 125 cm³/mol. The van der Waals surface area contributed by atoms with E-state index in [4.69, 9.17) is 0 Å². The van der Waals surface area contributed by atoms with E-state index in [2.05, 4.69) is 31.1 Å². The molecule has 0 unspecified atom stereocenters. The molecular formula is C23H25FN6O2S. The lowest BCUT2D eigenvalue weighted by Gasteiger charge is -2.21. The Hall–Kier alpha value is -3.40. The van der Waals surface area contributed by atoms with Crippen LogP contribution in [0.3, 0.4) is 0 Å². The topological polar surface area (TPSA) is 109 Å². The molecule has 3 N–H and O–H groups in total. The van der Waals surface area contributed by atoms with E-state index >= 15 is 0 Å². The third-order valence-electron chi connectivity index (χ3n) is 5.60. The molecule has 8 nitrogen and oxygen atoms in total. The summed E-state index contributed by atoms with van der Waals surface area (Å²) < 4.78 is 13.9. The number of halogens is 1. The van der Waals surface area contributed by atoms with Crippen LogP contribution in [0.2, 0.25) is 0 Å². The number of carbonyl (C=O) groups excluding carboxylic acids is 2. The summed E-state index contributed by atoms with van der Waals surface area (Å²) in [7, 11) is 0. The van der Waals surface area contributed by atoms with E-state index in [-0.39, 0.29) is 17.5 Å². The number of rotatable bonds is 8. The summed E-state index contributed by atoms with van der Waals surface area (Å²) in [6.07, 6.45) is 7.54. The lowest BCUT2D eigenvalue weighted by atomic mass is 9.97. The molecule has 2 aromatic heterocycles. The minimum Gasteiger partial charge on any atom is -0.353 e. The quantitative estimate of drug-likeness (QED) is 0.451. The van der Waals surface area contributed by atoms with Gasteiger partial charge in [0.15, 0.2) is 5.82 Å². The predicted octanol–water partition coefficient (Wildman–Crippen LogP) is 4.44. The van der Waals surface area contributed by atoms with Gasteiger partial charge in [0.25, 0.3) is 5.91 Å². The van der Waals surface area contributed by atoms with Gasteiger partial charge in [0, 0.05) is 17.4 Å². The lowest BCUT2D eigenvalue weighted by Crippen LogP contribution is -2.44. The number of pyridine rings is 1. The Bertz CT molecular complexity index is 1130. The van der Waals surface area contributed by atoms with Crippen LogP contribution in [0.25, 0.3) is 0 Å². The maximum atomic E-state index is 13.9. The van der Waals surface area contributed by atoms with Crippen LogP contribution in [0.4, 0.5) is 20.9 Å². The molecule has 172 valence electrons. The zero-order valence-corrected chi connectivity index (χ0v) is 19.0. The molecule has 1 atom stereocenters. The van der Waals surface area contributed by atoms with E-state index < -0.39 is 11.9 Å². The lowest BCUT2D eigenvalue weighted by molar-refractivity contribution is -0.118. The Morgan fingerprint density at radius 1 is 1.21 bits per heavy atom. The highest BCUT2D eigenvalue weighted by molar-refractivity contribution is 7.15. The molecule has 2 amide bonds. The number of hydrogen-bond acceptors (Lipinski definition) is 7. The summed E-state index contributed by atoms with van der Waals surface area (Å²) in [5.41, 5.74) is 1.17. The molecule has 1 aromatic carbocycles. The molecule has 0 bridgehead atoms. The number of nitrogens with zero attached hydrogens (tertiary/aromatic N) is 3. The standard InChI is InChI=1S/C23H25FN6O2S/c1-14-29-30-23(33-14)28-22(32)20(11-15-5-2-3-6-15)27-21(31)16-7-4-8-17(12-16)26-19-9-10-25-13-18(19)24/h4,7-10,12-13,15,20H,2-3,5-6,11H2,1H3,(H,25,26)(H,27,31)(H,28,30,32)/t20-/m0/s1. The van der Waals surface area contributed by atoms with Crippen LogP contribution < -0.4 is 16.0 Å². The number of aryl methyl sites for hydroxylation is 1. The van der Waals surface area contributed by atoms with Crippen LogP contribution in [0, 0.1) is 18.7 Å². The number of hydrogen-bond donors (Lipinski definition) is 3. The summed E-state index contributed by atoms with van der Waals surface area (Å²) in [5, 5.41) is 17.6. The van der Waals surface area contributed by atoms with Crippen molar-refractivity contribution < 1.29 is 14.0 Å². The SMILES string of the molecule is Cc1nnc(NC(=O)[C@H](CC2CCCC2)NC(=O)c2cccc(Nc3ccncc3F)c2)s1. The van der Waals surface area contributed by atoms with Gasteiger partial charge < -0.3 is 10.6 Å². The number of amides is 2. The van der Waals surface area contributed by atoms with Crippen LogP contribution >= 0.6 is 11.3 Å². The number of nitrogens with one attached hydrogen (secondary N) is 3. The maximum Gasteiger partial charge on any atom is 0.252 e. The largest absolute Gasteiger partial charge is 0.353 e. The molecule has 33 heavy (non-hydrogen) atoms. The van der Waals surface area contributed by atoms with E-state index in [0.29, 0.717) is 28.7 Å². The van der Waals surface area contributed by atoms with Gasteiger partial charge in [0.1, 0.15) is 11.0 Å². The van der Waals surface area contributed by atoms with Crippen molar-refractivity contribution in [3.63, 3.8) is 0 Å². The summed E-state index contributed by atoms with van der Waals surface area (Å²) in [4.78, 5) is 29.7.